The zero-order valence-electron chi connectivity index (χ0n) is 19.9. The molecular formula is C25H29N7O3. The number of benzene rings is 2. The van der Waals surface area contributed by atoms with E-state index in [0.29, 0.717) is 24.0 Å². The van der Waals surface area contributed by atoms with Crippen LogP contribution >= 0.6 is 0 Å². The van der Waals surface area contributed by atoms with Crippen molar-refractivity contribution < 1.29 is 14.3 Å². The summed E-state index contributed by atoms with van der Waals surface area (Å²) in [4.78, 5) is 24.6. The molecule has 0 radical (unpaired) electrons. The van der Waals surface area contributed by atoms with Crippen LogP contribution in [0.5, 0.6) is 5.75 Å². The fourth-order valence-electron chi connectivity index (χ4n) is 4.09. The number of carbonyl (C=O) groups excluding carboxylic acids is 1. The highest BCUT2D eigenvalue weighted by molar-refractivity contribution is 5.93. The Hall–Kier alpha value is -3.76. The van der Waals surface area contributed by atoms with E-state index in [1.54, 1.807) is 11.6 Å². The van der Waals surface area contributed by atoms with Gasteiger partial charge in [-0.1, -0.05) is 12.1 Å². The summed E-state index contributed by atoms with van der Waals surface area (Å²) in [5.74, 6) is 1.69. The highest BCUT2D eigenvalue weighted by Crippen LogP contribution is 2.25. The van der Waals surface area contributed by atoms with Crippen LogP contribution in [0, 0.1) is 0 Å². The van der Waals surface area contributed by atoms with E-state index in [9.17, 15) is 4.79 Å². The third-order valence-electron chi connectivity index (χ3n) is 6.10. The molecule has 1 atom stereocenters. The minimum atomic E-state index is -0.509. The number of fused-ring (bicyclic) bond motifs is 3. The molecule has 1 amide bonds. The standard InChI is InChI=1S/C25H29N7O3/c1-17(24(33)26-11-12-31-13-15-35-16-14-31)27-25-28-21-6-4-3-5-20(21)23-29-22(30-32(23)25)18-7-9-19(34-2)10-8-18/h3-10,17H,11-16H2,1-2H3,(H,26,33)(H,27,28)/t17-/m1/s1. The van der Waals surface area contributed by atoms with Crippen LogP contribution in [0.25, 0.3) is 27.9 Å². The van der Waals surface area contributed by atoms with E-state index in [1.165, 1.54) is 0 Å². The predicted octanol–water partition coefficient (Wildman–Crippen LogP) is 2.20. The van der Waals surface area contributed by atoms with Gasteiger partial charge < -0.3 is 20.1 Å². The summed E-state index contributed by atoms with van der Waals surface area (Å²) in [6, 6.07) is 14.8. The number of hydrogen-bond acceptors (Lipinski definition) is 8. The summed E-state index contributed by atoms with van der Waals surface area (Å²) in [7, 11) is 1.63. The number of anilines is 1. The summed E-state index contributed by atoms with van der Waals surface area (Å²) in [5.41, 5.74) is 2.30. The minimum Gasteiger partial charge on any atom is -0.497 e. The molecule has 5 rings (SSSR count). The molecule has 0 saturated carbocycles. The number of para-hydroxylation sites is 1. The van der Waals surface area contributed by atoms with Gasteiger partial charge in [0.1, 0.15) is 11.8 Å². The number of rotatable bonds is 8. The van der Waals surface area contributed by atoms with Crippen LogP contribution in [-0.2, 0) is 9.53 Å². The molecule has 10 heteroatoms. The van der Waals surface area contributed by atoms with Crippen molar-refractivity contribution in [1.29, 1.82) is 0 Å². The Bertz CT molecular complexity index is 1320. The normalized spacial score (nSPS) is 15.3. The van der Waals surface area contributed by atoms with Crippen molar-refractivity contribution in [3.8, 4) is 17.1 Å². The van der Waals surface area contributed by atoms with Gasteiger partial charge in [0.2, 0.25) is 11.9 Å². The Kier molecular flexibility index (Phi) is 6.73. The highest BCUT2D eigenvalue weighted by atomic mass is 16.5. The van der Waals surface area contributed by atoms with Crippen LogP contribution in [0.3, 0.4) is 0 Å². The molecule has 4 aromatic rings. The number of hydrogen-bond donors (Lipinski definition) is 2. The summed E-state index contributed by atoms with van der Waals surface area (Å²) in [5, 5.41) is 11.8. The molecule has 1 fully saturated rings. The zero-order chi connectivity index (χ0) is 24.2. The van der Waals surface area contributed by atoms with E-state index in [1.807, 2.05) is 55.5 Å². The lowest BCUT2D eigenvalue weighted by Gasteiger charge is -2.26. The number of morpholine rings is 1. The molecule has 182 valence electrons. The van der Waals surface area contributed by atoms with Crippen LogP contribution in [0.4, 0.5) is 5.95 Å². The number of nitrogens with one attached hydrogen (secondary N) is 2. The van der Waals surface area contributed by atoms with Crippen molar-refractivity contribution in [2.45, 2.75) is 13.0 Å². The lowest BCUT2D eigenvalue weighted by atomic mass is 10.2. The van der Waals surface area contributed by atoms with Crippen molar-refractivity contribution in [2.24, 2.45) is 0 Å². The fourth-order valence-corrected chi connectivity index (χ4v) is 4.09. The van der Waals surface area contributed by atoms with Gasteiger partial charge in [0.25, 0.3) is 0 Å². The van der Waals surface area contributed by atoms with Crippen molar-refractivity contribution in [1.82, 2.24) is 29.8 Å². The zero-order valence-corrected chi connectivity index (χ0v) is 19.9. The van der Waals surface area contributed by atoms with Gasteiger partial charge in [0.05, 0.1) is 25.8 Å². The van der Waals surface area contributed by atoms with Crippen molar-refractivity contribution in [3.63, 3.8) is 0 Å². The van der Waals surface area contributed by atoms with Gasteiger partial charge in [-0.2, -0.15) is 4.52 Å². The Morgan fingerprint density at radius 2 is 1.89 bits per heavy atom. The molecule has 2 N–H and O–H groups in total. The van der Waals surface area contributed by atoms with E-state index in [4.69, 9.17) is 24.5 Å². The lowest BCUT2D eigenvalue weighted by molar-refractivity contribution is -0.121. The molecule has 3 heterocycles. The maximum Gasteiger partial charge on any atom is 0.242 e. The average Bonchev–Trinajstić information content (AvgIpc) is 3.35. The van der Waals surface area contributed by atoms with Crippen molar-refractivity contribution in [3.05, 3.63) is 48.5 Å². The van der Waals surface area contributed by atoms with Gasteiger partial charge in [-0.05, 0) is 43.3 Å². The molecule has 10 nitrogen and oxygen atoms in total. The third kappa shape index (κ3) is 5.03. The van der Waals surface area contributed by atoms with Crippen LogP contribution in [0.2, 0.25) is 0 Å². The smallest absolute Gasteiger partial charge is 0.242 e. The van der Waals surface area contributed by atoms with Gasteiger partial charge >= 0.3 is 0 Å². The SMILES string of the molecule is COc1ccc(-c2nc3c4ccccc4nc(N[C@H](C)C(=O)NCCN4CCOCC4)n3n2)cc1. The monoisotopic (exact) mass is 475 g/mol. The Morgan fingerprint density at radius 1 is 1.11 bits per heavy atom. The molecule has 0 unspecified atom stereocenters. The first kappa shape index (κ1) is 23.0. The van der Waals surface area contributed by atoms with Crippen LogP contribution in [0.1, 0.15) is 6.92 Å². The van der Waals surface area contributed by atoms with E-state index in [-0.39, 0.29) is 5.91 Å². The quantitative estimate of drug-likeness (QED) is 0.400. The molecule has 0 spiro atoms. The fraction of sp³-hybridized carbons (Fsp3) is 0.360. The number of amides is 1. The summed E-state index contributed by atoms with van der Waals surface area (Å²) in [6.45, 7) is 6.47. The maximum absolute atomic E-state index is 12.8. The van der Waals surface area contributed by atoms with Gasteiger partial charge in [-0.25, -0.2) is 9.97 Å². The largest absolute Gasteiger partial charge is 0.497 e. The predicted molar refractivity (Wildman–Crippen MR) is 134 cm³/mol. The van der Waals surface area contributed by atoms with Gasteiger partial charge in [0.15, 0.2) is 11.5 Å². The van der Waals surface area contributed by atoms with E-state index in [2.05, 4.69) is 15.5 Å². The molecule has 2 aromatic carbocycles. The number of aromatic nitrogens is 4. The van der Waals surface area contributed by atoms with E-state index in [0.717, 1.165) is 55.1 Å². The Morgan fingerprint density at radius 3 is 2.66 bits per heavy atom. The summed E-state index contributed by atoms with van der Waals surface area (Å²) < 4.78 is 12.3. The molecule has 1 aliphatic rings. The van der Waals surface area contributed by atoms with Crippen molar-refractivity contribution >= 4 is 28.4 Å². The topological polar surface area (TPSA) is 106 Å². The number of carbonyl (C=O) groups is 1. The second kappa shape index (κ2) is 10.2. The van der Waals surface area contributed by atoms with Crippen LogP contribution in [-0.4, -0.2) is 82.9 Å². The van der Waals surface area contributed by atoms with Crippen LogP contribution < -0.4 is 15.4 Å². The minimum absolute atomic E-state index is 0.100. The van der Waals surface area contributed by atoms with Gasteiger partial charge in [-0.15, -0.1) is 5.10 Å². The van der Waals surface area contributed by atoms with E-state index >= 15 is 0 Å². The van der Waals surface area contributed by atoms with Gasteiger partial charge in [0, 0.05) is 37.1 Å². The summed E-state index contributed by atoms with van der Waals surface area (Å²) >= 11 is 0. The van der Waals surface area contributed by atoms with Crippen molar-refractivity contribution in [2.75, 3.05) is 51.8 Å². The first-order chi connectivity index (χ1) is 17.1. The average molecular weight is 476 g/mol. The van der Waals surface area contributed by atoms with Gasteiger partial charge in [-0.3, -0.25) is 9.69 Å². The molecular weight excluding hydrogens is 446 g/mol. The number of nitrogens with zero attached hydrogens (tertiary/aromatic N) is 5. The number of methoxy groups -OCH3 is 1. The molecule has 0 aliphatic carbocycles. The third-order valence-corrected chi connectivity index (χ3v) is 6.10. The molecule has 1 aliphatic heterocycles. The lowest BCUT2D eigenvalue weighted by Crippen LogP contribution is -2.44. The molecule has 35 heavy (non-hydrogen) atoms. The molecule has 1 saturated heterocycles. The second-order valence-corrected chi connectivity index (χ2v) is 8.46. The Balaban J connectivity index is 1.37. The summed E-state index contributed by atoms with van der Waals surface area (Å²) in [6.07, 6.45) is 0. The number of ether oxygens (including phenoxy) is 2. The Labute approximate surface area is 203 Å². The van der Waals surface area contributed by atoms with E-state index < -0.39 is 6.04 Å². The first-order valence-electron chi connectivity index (χ1n) is 11.8. The highest BCUT2D eigenvalue weighted by Gasteiger charge is 2.19. The second-order valence-electron chi connectivity index (χ2n) is 8.46. The van der Waals surface area contributed by atoms with Crippen LogP contribution in [0.15, 0.2) is 48.5 Å². The first-order valence-corrected chi connectivity index (χ1v) is 11.8. The molecule has 0 bridgehead atoms. The molecule has 2 aromatic heterocycles. The maximum atomic E-state index is 12.8.